The van der Waals surface area contributed by atoms with Gasteiger partial charge in [0, 0.05) is 19.3 Å². The first kappa shape index (κ1) is 57.6. The Morgan fingerprint density at radius 2 is 0.639 bits per heavy atom. The Labute approximate surface area is 375 Å². The van der Waals surface area contributed by atoms with Crippen LogP contribution in [0.1, 0.15) is 226 Å². The van der Waals surface area contributed by atoms with Crippen LogP contribution in [0.2, 0.25) is 0 Å². The highest BCUT2D eigenvalue weighted by molar-refractivity contribution is 5.71. The smallest absolute Gasteiger partial charge is 0.306 e. The molecule has 0 aliphatic rings. The highest BCUT2D eigenvalue weighted by Crippen LogP contribution is 2.13. The Kier molecular flexibility index (Phi) is 46.5. The van der Waals surface area contributed by atoms with Crippen molar-refractivity contribution in [1.29, 1.82) is 0 Å². The number of carbonyl (C=O) groups is 3. The Morgan fingerprint density at radius 1 is 0.344 bits per heavy atom. The van der Waals surface area contributed by atoms with E-state index in [1.807, 2.05) is 0 Å². The molecular weight excluding hydrogens is 757 g/mol. The average molecular weight is 849 g/mol. The van der Waals surface area contributed by atoms with Crippen molar-refractivity contribution in [2.75, 3.05) is 13.2 Å². The van der Waals surface area contributed by atoms with Crippen molar-refractivity contribution in [3.63, 3.8) is 0 Å². The van der Waals surface area contributed by atoms with Crippen molar-refractivity contribution < 1.29 is 28.6 Å². The fraction of sp³-hybridized carbons (Fsp3) is 0.691. The van der Waals surface area contributed by atoms with Crippen molar-refractivity contribution in [3.8, 4) is 0 Å². The van der Waals surface area contributed by atoms with Crippen LogP contribution in [0.3, 0.4) is 0 Å². The normalized spacial score (nSPS) is 12.8. The van der Waals surface area contributed by atoms with Gasteiger partial charge in [0.15, 0.2) is 6.10 Å². The largest absolute Gasteiger partial charge is 0.462 e. The predicted octanol–water partition coefficient (Wildman–Crippen LogP) is 16.4. The molecule has 61 heavy (non-hydrogen) atoms. The Balaban J connectivity index is 4.48. The molecule has 6 nitrogen and oxygen atoms in total. The monoisotopic (exact) mass is 849 g/mol. The Hall–Kier alpha value is -3.41. The number of carbonyl (C=O) groups excluding carboxylic acids is 3. The minimum Gasteiger partial charge on any atom is -0.462 e. The summed E-state index contributed by atoms with van der Waals surface area (Å²) >= 11 is 0. The maximum atomic E-state index is 12.8. The van der Waals surface area contributed by atoms with Crippen molar-refractivity contribution >= 4 is 17.9 Å². The molecule has 0 saturated heterocycles. The van der Waals surface area contributed by atoms with Gasteiger partial charge in [-0.25, -0.2) is 0 Å². The van der Waals surface area contributed by atoms with Gasteiger partial charge in [-0.2, -0.15) is 0 Å². The number of allylic oxidation sites excluding steroid dienone is 14. The molecule has 0 amide bonds. The van der Waals surface area contributed by atoms with Crippen molar-refractivity contribution in [3.05, 3.63) is 85.1 Å². The molecule has 0 heterocycles. The van der Waals surface area contributed by atoms with Crippen molar-refractivity contribution in [2.45, 2.75) is 232 Å². The van der Waals surface area contributed by atoms with Gasteiger partial charge in [-0.1, -0.05) is 196 Å². The molecule has 0 unspecified atom stereocenters. The van der Waals surface area contributed by atoms with Crippen LogP contribution >= 0.6 is 0 Å². The second-order valence-corrected chi connectivity index (χ2v) is 16.3. The molecule has 0 aromatic heterocycles. The quantitative estimate of drug-likeness (QED) is 0.0263. The van der Waals surface area contributed by atoms with Crippen molar-refractivity contribution in [2.24, 2.45) is 0 Å². The molecule has 0 aliphatic heterocycles. The van der Waals surface area contributed by atoms with Gasteiger partial charge < -0.3 is 14.2 Å². The van der Waals surface area contributed by atoms with Gasteiger partial charge in [0.25, 0.3) is 0 Å². The van der Waals surface area contributed by atoms with Gasteiger partial charge in [0.05, 0.1) is 0 Å². The SMILES string of the molecule is CC/C=C\C/C=C\C/C=C\C/C=C\CCCCC(=O)O[C@@H](COC(=O)CCCCCC/C=C\C/C=C\C/C=C\CCCCC)COC(=O)CCCCCCCCCCCCC. The van der Waals surface area contributed by atoms with E-state index >= 15 is 0 Å². The van der Waals surface area contributed by atoms with Gasteiger partial charge in [-0.05, 0) is 96.3 Å². The van der Waals surface area contributed by atoms with E-state index in [9.17, 15) is 14.4 Å². The summed E-state index contributed by atoms with van der Waals surface area (Å²) in [5.41, 5.74) is 0. The molecule has 0 aliphatic carbocycles. The fourth-order valence-electron chi connectivity index (χ4n) is 6.61. The molecule has 0 spiro atoms. The van der Waals surface area contributed by atoms with Gasteiger partial charge >= 0.3 is 17.9 Å². The second kappa shape index (κ2) is 49.2. The van der Waals surface area contributed by atoms with Crippen LogP contribution in [-0.4, -0.2) is 37.2 Å². The topological polar surface area (TPSA) is 78.9 Å². The zero-order valence-corrected chi connectivity index (χ0v) is 39.7. The lowest BCUT2D eigenvalue weighted by Gasteiger charge is -2.18. The first-order chi connectivity index (χ1) is 30.0. The van der Waals surface area contributed by atoms with Crippen LogP contribution in [0.25, 0.3) is 0 Å². The molecule has 0 fully saturated rings. The molecule has 0 radical (unpaired) electrons. The third-order valence-electron chi connectivity index (χ3n) is 10.4. The van der Waals surface area contributed by atoms with Crippen LogP contribution in [0.5, 0.6) is 0 Å². The molecule has 0 aromatic rings. The summed E-state index contributed by atoms with van der Waals surface area (Å²) in [6, 6.07) is 0. The molecular formula is C55H92O6. The standard InChI is InChI=1S/C55H92O6/c1-4-7-10-13-16-19-22-24-26-27-29-30-33-36-39-42-45-48-54(57)60-51-52(50-59-53(56)47-44-41-38-35-32-21-18-15-12-9-6-3)61-55(58)49-46-43-40-37-34-31-28-25-23-20-17-14-11-8-5-2/h8,11,16-17,19-20,24-26,28-30,34,37,52H,4-7,9-10,12-15,18,21-23,27,31-33,35-36,38-51H2,1-3H3/b11-8-,19-16-,20-17-,26-24-,28-25-,30-29-,37-34-/t52-/m1/s1. The summed E-state index contributed by atoms with van der Waals surface area (Å²) in [6.07, 6.45) is 62.8. The number of esters is 3. The van der Waals surface area contributed by atoms with Crippen LogP contribution in [0.15, 0.2) is 85.1 Å². The molecule has 0 aromatic carbocycles. The molecule has 0 saturated carbocycles. The summed E-state index contributed by atoms with van der Waals surface area (Å²) < 4.78 is 16.7. The number of unbranched alkanes of at least 4 members (excludes halogenated alkanes) is 19. The maximum Gasteiger partial charge on any atom is 0.306 e. The molecule has 0 N–H and O–H groups in total. The molecule has 6 heteroatoms. The average Bonchev–Trinajstić information content (AvgIpc) is 3.26. The predicted molar refractivity (Wildman–Crippen MR) is 261 cm³/mol. The van der Waals surface area contributed by atoms with Crippen LogP contribution in [0.4, 0.5) is 0 Å². The number of hydrogen-bond donors (Lipinski definition) is 0. The van der Waals surface area contributed by atoms with Gasteiger partial charge in [-0.3, -0.25) is 14.4 Å². The third kappa shape index (κ3) is 47.5. The van der Waals surface area contributed by atoms with Gasteiger partial charge in [0.1, 0.15) is 13.2 Å². The molecule has 0 bridgehead atoms. The highest BCUT2D eigenvalue weighted by atomic mass is 16.6. The second-order valence-electron chi connectivity index (χ2n) is 16.3. The van der Waals surface area contributed by atoms with E-state index in [-0.39, 0.29) is 37.5 Å². The van der Waals surface area contributed by atoms with E-state index in [1.54, 1.807) is 0 Å². The van der Waals surface area contributed by atoms with E-state index in [4.69, 9.17) is 14.2 Å². The number of hydrogen-bond acceptors (Lipinski definition) is 6. The van der Waals surface area contributed by atoms with Crippen molar-refractivity contribution in [1.82, 2.24) is 0 Å². The highest BCUT2D eigenvalue weighted by Gasteiger charge is 2.19. The van der Waals surface area contributed by atoms with E-state index in [0.717, 1.165) is 103 Å². The third-order valence-corrected chi connectivity index (χ3v) is 10.4. The van der Waals surface area contributed by atoms with Gasteiger partial charge in [-0.15, -0.1) is 0 Å². The zero-order chi connectivity index (χ0) is 44.4. The lowest BCUT2D eigenvalue weighted by atomic mass is 10.1. The Bertz CT molecular complexity index is 1200. The van der Waals surface area contributed by atoms with Crippen LogP contribution in [0, 0.1) is 0 Å². The van der Waals surface area contributed by atoms with E-state index in [0.29, 0.717) is 19.3 Å². The minimum absolute atomic E-state index is 0.0999. The minimum atomic E-state index is -0.805. The van der Waals surface area contributed by atoms with E-state index < -0.39 is 6.10 Å². The first-order valence-corrected chi connectivity index (χ1v) is 25.1. The summed E-state index contributed by atoms with van der Waals surface area (Å²) in [7, 11) is 0. The van der Waals surface area contributed by atoms with Gasteiger partial charge in [0.2, 0.25) is 0 Å². The molecule has 0 rings (SSSR count). The molecule has 1 atom stereocenters. The van der Waals surface area contributed by atoms with Crippen LogP contribution in [-0.2, 0) is 28.6 Å². The summed E-state index contributed by atoms with van der Waals surface area (Å²) in [6.45, 7) is 6.42. The molecule has 348 valence electrons. The zero-order valence-electron chi connectivity index (χ0n) is 39.7. The number of ether oxygens (including phenoxy) is 3. The lowest BCUT2D eigenvalue weighted by Crippen LogP contribution is -2.30. The first-order valence-electron chi connectivity index (χ1n) is 25.1. The van der Waals surface area contributed by atoms with Crippen LogP contribution < -0.4 is 0 Å². The number of rotatable bonds is 44. The Morgan fingerprint density at radius 3 is 1.07 bits per heavy atom. The fourth-order valence-corrected chi connectivity index (χ4v) is 6.61. The maximum absolute atomic E-state index is 12.8. The summed E-state index contributed by atoms with van der Waals surface area (Å²) in [4.78, 5) is 37.9. The van der Waals surface area contributed by atoms with E-state index in [2.05, 4.69) is 106 Å². The summed E-state index contributed by atoms with van der Waals surface area (Å²) in [5, 5.41) is 0. The van der Waals surface area contributed by atoms with E-state index in [1.165, 1.54) is 77.0 Å². The lowest BCUT2D eigenvalue weighted by molar-refractivity contribution is -0.167. The summed E-state index contributed by atoms with van der Waals surface area (Å²) in [5.74, 6) is -0.967.